The van der Waals surface area contributed by atoms with Gasteiger partial charge in [0, 0.05) is 53.4 Å². The zero-order chi connectivity index (χ0) is 16.4. The number of likely N-dealkylation sites (N-methyl/N-ethyl adjacent to an activating group) is 1. The van der Waals surface area contributed by atoms with E-state index in [1.165, 1.54) is 0 Å². The molecule has 0 aliphatic carbocycles. The normalized spacial score (nSPS) is 16.6. The molecule has 8 heteroatoms. The van der Waals surface area contributed by atoms with Crippen molar-refractivity contribution in [2.24, 2.45) is 4.99 Å². The first-order chi connectivity index (χ1) is 10.6. The predicted molar refractivity (Wildman–Crippen MR) is 105 cm³/mol. The molecule has 0 aromatic rings. The monoisotopic (exact) mass is 441 g/mol. The number of guanidine groups is 1. The summed E-state index contributed by atoms with van der Waals surface area (Å²) in [5.41, 5.74) is 0. The van der Waals surface area contributed by atoms with Crippen molar-refractivity contribution < 1.29 is 9.53 Å². The molecule has 0 aromatic carbocycles. The molecule has 1 fully saturated rings. The fourth-order valence-electron chi connectivity index (χ4n) is 2.32. The van der Waals surface area contributed by atoms with E-state index in [-0.39, 0.29) is 36.4 Å². The van der Waals surface area contributed by atoms with E-state index in [0.717, 1.165) is 51.6 Å². The highest BCUT2D eigenvalue weighted by Gasteiger charge is 2.19. The van der Waals surface area contributed by atoms with Crippen molar-refractivity contribution in [1.29, 1.82) is 0 Å². The number of carbonyl (C=O) groups excluding carboxylic acids is 1. The van der Waals surface area contributed by atoms with Crippen LogP contribution >= 0.6 is 24.0 Å². The van der Waals surface area contributed by atoms with Gasteiger partial charge in [0.25, 0.3) is 0 Å². The van der Waals surface area contributed by atoms with Crippen LogP contribution in [-0.4, -0.2) is 88.2 Å². The number of amides is 1. The van der Waals surface area contributed by atoms with E-state index in [1.807, 2.05) is 6.92 Å². The molecule has 0 bridgehead atoms. The van der Waals surface area contributed by atoms with Gasteiger partial charge in [-0.15, -0.1) is 24.0 Å². The third-order valence-corrected chi connectivity index (χ3v) is 3.76. The molecule has 1 aliphatic heterocycles. The van der Waals surface area contributed by atoms with Crippen LogP contribution in [0.2, 0.25) is 0 Å². The van der Waals surface area contributed by atoms with Gasteiger partial charge in [-0.05, 0) is 19.8 Å². The van der Waals surface area contributed by atoms with E-state index in [1.54, 1.807) is 26.1 Å². The summed E-state index contributed by atoms with van der Waals surface area (Å²) in [6.45, 7) is 6.90. The van der Waals surface area contributed by atoms with E-state index in [4.69, 9.17) is 4.74 Å². The largest absolute Gasteiger partial charge is 0.383 e. The first-order valence-electron chi connectivity index (χ1n) is 8.03. The fraction of sp³-hybridized carbons (Fsp3) is 0.867. The molecule has 1 aliphatic rings. The van der Waals surface area contributed by atoms with Gasteiger partial charge in [0.2, 0.25) is 5.91 Å². The van der Waals surface area contributed by atoms with Crippen molar-refractivity contribution in [2.75, 3.05) is 60.5 Å². The average Bonchev–Trinajstić information content (AvgIpc) is 2.51. The minimum atomic E-state index is 0. The summed E-state index contributed by atoms with van der Waals surface area (Å²) in [6, 6.07) is 0.408. The van der Waals surface area contributed by atoms with Crippen LogP contribution in [0.4, 0.5) is 0 Å². The van der Waals surface area contributed by atoms with E-state index in [2.05, 4.69) is 20.5 Å². The number of ether oxygens (including phenoxy) is 1. The molecule has 0 radical (unpaired) electrons. The highest BCUT2D eigenvalue weighted by atomic mass is 127. The Hall–Kier alpha value is -0.610. The lowest BCUT2D eigenvalue weighted by Crippen LogP contribution is -2.49. The summed E-state index contributed by atoms with van der Waals surface area (Å²) < 4.78 is 5.12. The first-order valence-corrected chi connectivity index (χ1v) is 8.03. The average molecular weight is 441 g/mol. The molecule has 0 spiro atoms. The second-order valence-corrected chi connectivity index (χ2v) is 5.74. The number of hydrogen-bond acceptors (Lipinski definition) is 4. The molecule has 2 N–H and O–H groups in total. The zero-order valence-corrected chi connectivity index (χ0v) is 17.1. The maximum atomic E-state index is 11.6. The van der Waals surface area contributed by atoms with Gasteiger partial charge in [-0.25, -0.2) is 4.99 Å². The van der Waals surface area contributed by atoms with Crippen LogP contribution in [0.3, 0.4) is 0 Å². The van der Waals surface area contributed by atoms with Gasteiger partial charge >= 0.3 is 0 Å². The van der Waals surface area contributed by atoms with Gasteiger partial charge in [0.05, 0.1) is 6.61 Å². The molecule has 23 heavy (non-hydrogen) atoms. The molecule has 1 amide bonds. The Labute approximate surface area is 157 Å². The Bertz CT molecular complexity index is 358. The molecule has 7 nitrogen and oxygen atoms in total. The van der Waals surface area contributed by atoms with Crippen LogP contribution in [0.5, 0.6) is 0 Å². The zero-order valence-electron chi connectivity index (χ0n) is 14.8. The fourth-order valence-corrected chi connectivity index (χ4v) is 2.32. The number of aliphatic imine (C=N–C) groups is 1. The van der Waals surface area contributed by atoms with Gasteiger partial charge in [-0.2, -0.15) is 0 Å². The number of nitrogens with one attached hydrogen (secondary N) is 2. The van der Waals surface area contributed by atoms with E-state index < -0.39 is 0 Å². The van der Waals surface area contributed by atoms with Gasteiger partial charge in [0.15, 0.2) is 5.96 Å². The van der Waals surface area contributed by atoms with Gasteiger partial charge < -0.3 is 25.2 Å². The number of methoxy groups -OCH3 is 1. The molecule has 0 saturated carbocycles. The van der Waals surface area contributed by atoms with Crippen LogP contribution in [0.15, 0.2) is 4.99 Å². The summed E-state index contributed by atoms with van der Waals surface area (Å²) in [5, 5.41) is 6.64. The van der Waals surface area contributed by atoms with Crippen molar-refractivity contribution >= 4 is 35.8 Å². The minimum Gasteiger partial charge on any atom is -0.383 e. The second-order valence-electron chi connectivity index (χ2n) is 5.74. The van der Waals surface area contributed by atoms with Crippen LogP contribution in [0, 0.1) is 0 Å². The Balaban J connectivity index is 0.00000484. The molecule has 1 rings (SSSR count). The van der Waals surface area contributed by atoms with Crippen molar-refractivity contribution in [3.8, 4) is 0 Å². The van der Waals surface area contributed by atoms with E-state index >= 15 is 0 Å². The number of carbonyl (C=O) groups is 1. The van der Waals surface area contributed by atoms with Crippen molar-refractivity contribution in [1.82, 2.24) is 20.4 Å². The van der Waals surface area contributed by atoms with E-state index in [9.17, 15) is 4.79 Å². The lowest BCUT2D eigenvalue weighted by Gasteiger charge is -2.32. The third kappa shape index (κ3) is 9.31. The number of nitrogens with zero attached hydrogens (tertiary/aromatic N) is 3. The van der Waals surface area contributed by atoms with Gasteiger partial charge in [0.1, 0.15) is 6.54 Å². The molecule has 0 aromatic heterocycles. The Morgan fingerprint density at radius 3 is 2.52 bits per heavy atom. The molecule has 1 heterocycles. The lowest BCUT2D eigenvalue weighted by molar-refractivity contribution is -0.127. The minimum absolute atomic E-state index is 0. The Kier molecular flexibility index (Phi) is 12.4. The lowest BCUT2D eigenvalue weighted by atomic mass is 10.1. The number of likely N-dealkylation sites (tertiary alicyclic amines) is 1. The van der Waals surface area contributed by atoms with Gasteiger partial charge in [-0.3, -0.25) is 4.79 Å². The molecule has 0 unspecified atom stereocenters. The first kappa shape index (κ1) is 22.4. The quantitative estimate of drug-likeness (QED) is 0.339. The molecule has 0 atom stereocenters. The predicted octanol–water partition coefficient (Wildman–Crippen LogP) is 0.359. The molecular weight excluding hydrogens is 409 g/mol. The summed E-state index contributed by atoms with van der Waals surface area (Å²) >= 11 is 0. The maximum absolute atomic E-state index is 11.6. The summed E-state index contributed by atoms with van der Waals surface area (Å²) in [6.07, 6.45) is 2.16. The SMILES string of the molecule is CCNC(=NCC(=O)N(C)C)NC1CCN(CCOC)CC1.I. The summed E-state index contributed by atoms with van der Waals surface area (Å²) in [4.78, 5) is 20.0. The Morgan fingerprint density at radius 1 is 1.35 bits per heavy atom. The van der Waals surface area contributed by atoms with E-state index in [0.29, 0.717) is 6.04 Å². The molecular formula is C15H32IN5O2. The third-order valence-electron chi connectivity index (χ3n) is 3.76. The second kappa shape index (κ2) is 12.8. The standard InChI is InChI=1S/C15H31N5O2.HI/c1-5-16-15(17-12-14(21)19(2)3)18-13-6-8-20(9-7-13)10-11-22-4;/h13H,5-12H2,1-4H3,(H2,16,17,18);1H. The topological polar surface area (TPSA) is 69.2 Å². The van der Waals surface area contributed by atoms with Crippen LogP contribution < -0.4 is 10.6 Å². The van der Waals surface area contributed by atoms with Crippen molar-refractivity contribution in [3.63, 3.8) is 0 Å². The van der Waals surface area contributed by atoms with Crippen LogP contribution in [0.1, 0.15) is 19.8 Å². The number of rotatable bonds is 7. The van der Waals surface area contributed by atoms with Crippen molar-refractivity contribution in [3.05, 3.63) is 0 Å². The van der Waals surface area contributed by atoms with Crippen LogP contribution in [-0.2, 0) is 9.53 Å². The Morgan fingerprint density at radius 2 is 2.00 bits per heavy atom. The van der Waals surface area contributed by atoms with Crippen molar-refractivity contribution in [2.45, 2.75) is 25.8 Å². The smallest absolute Gasteiger partial charge is 0.243 e. The van der Waals surface area contributed by atoms with Crippen LogP contribution in [0.25, 0.3) is 0 Å². The summed E-state index contributed by atoms with van der Waals surface area (Å²) in [7, 11) is 5.23. The molecule has 136 valence electrons. The summed E-state index contributed by atoms with van der Waals surface area (Å²) in [5.74, 6) is 0.736. The number of piperidine rings is 1. The number of hydrogen-bond donors (Lipinski definition) is 2. The molecule has 1 saturated heterocycles. The van der Waals surface area contributed by atoms with Gasteiger partial charge in [-0.1, -0.05) is 0 Å². The number of halogens is 1. The maximum Gasteiger partial charge on any atom is 0.243 e. The highest BCUT2D eigenvalue weighted by molar-refractivity contribution is 14.0. The highest BCUT2D eigenvalue weighted by Crippen LogP contribution is 2.09.